The SMILES string of the molecule is COc1ccc(CN(C(=O)CN(c2ccc(C)cc2)S(=O)(=O)c2ccc(C)cc2)[C@H](C)C(=O)NC2CCCCC2)cc1. The maximum Gasteiger partial charge on any atom is 0.264 e. The fraction of sp³-hybridized carbons (Fsp3) is 0.394. The Balaban J connectivity index is 1.66. The molecule has 8 nitrogen and oxygen atoms in total. The summed E-state index contributed by atoms with van der Waals surface area (Å²) in [7, 11) is -2.51. The average molecular weight is 592 g/mol. The molecule has 0 radical (unpaired) electrons. The van der Waals surface area contributed by atoms with Crippen LogP contribution in [0, 0.1) is 13.8 Å². The van der Waals surface area contributed by atoms with Gasteiger partial charge in [0.15, 0.2) is 0 Å². The molecule has 0 heterocycles. The Morgan fingerprint density at radius 2 is 1.45 bits per heavy atom. The maximum absolute atomic E-state index is 14.1. The summed E-state index contributed by atoms with van der Waals surface area (Å²) in [5, 5.41) is 3.13. The van der Waals surface area contributed by atoms with E-state index in [1.807, 2.05) is 38.1 Å². The van der Waals surface area contributed by atoms with Gasteiger partial charge in [0.1, 0.15) is 18.3 Å². The summed E-state index contributed by atoms with van der Waals surface area (Å²) in [4.78, 5) is 29.1. The number of nitrogens with zero attached hydrogens (tertiary/aromatic N) is 2. The molecule has 0 aromatic heterocycles. The van der Waals surface area contributed by atoms with Gasteiger partial charge in [-0.25, -0.2) is 8.42 Å². The number of amides is 2. The zero-order chi connectivity index (χ0) is 30.3. The maximum atomic E-state index is 14.1. The molecule has 0 unspecified atom stereocenters. The van der Waals surface area contributed by atoms with Crippen LogP contribution in [0.4, 0.5) is 5.69 Å². The number of carbonyl (C=O) groups excluding carboxylic acids is 2. The third kappa shape index (κ3) is 7.70. The van der Waals surface area contributed by atoms with E-state index in [-0.39, 0.29) is 23.4 Å². The molecule has 1 fully saturated rings. The molecule has 0 aliphatic heterocycles. The van der Waals surface area contributed by atoms with Gasteiger partial charge in [0.2, 0.25) is 11.8 Å². The van der Waals surface area contributed by atoms with E-state index >= 15 is 0 Å². The average Bonchev–Trinajstić information content (AvgIpc) is 2.99. The fourth-order valence-electron chi connectivity index (χ4n) is 5.16. The smallest absolute Gasteiger partial charge is 0.264 e. The number of anilines is 1. The van der Waals surface area contributed by atoms with Gasteiger partial charge in [0.05, 0.1) is 17.7 Å². The molecule has 0 saturated heterocycles. The highest BCUT2D eigenvalue weighted by Crippen LogP contribution is 2.26. The quantitative estimate of drug-likeness (QED) is 0.323. The van der Waals surface area contributed by atoms with E-state index < -0.39 is 28.5 Å². The number of rotatable bonds is 11. The molecule has 0 spiro atoms. The molecule has 1 N–H and O–H groups in total. The van der Waals surface area contributed by atoms with Crippen molar-refractivity contribution in [3.8, 4) is 5.75 Å². The summed E-state index contributed by atoms with van der Waals surface area (Å²) in [5.74, 6) is -0.0464. The van der Waals surface area contributed by atoms with Crippen molar-refractivity contribution >= 4 is 27.5 Å². The van der Waals surface area contributed by atoms with E-state index in [1.165, 1.54) is 4.90 Å². The first-order valence-electron chi connectivity index (χ1n) is 14.5. The van der Waals surface area contributed by atoms with E-state index in [9.17, 15) is 18.0 Å². The van der Waals surface area contributed by atoms with Crippen molar-refractivity contribution in [2.75, 3.05) is 18.0 Å². The number of hydrogen-bond acceptors (Lipinski definition) is 5. The van der Waals surface area contributed by atoms with Gasteiger partial charge in [-0.05, 0) is 75.6 Å². The van der Waals surface area contributed by atoms with Crippen LogP contribution in [0.3, 0.4) is 0 Å². The van der Waals surface area contributed by atoms with Crippen molar-refractivity contribution in [3.05, 3.63) is 89.5 Å². The van der Waals surface area contributed by atoms with Crippen molar-refractivity contribution < 1.29 is 22.7 Å². The predicted octanol–water partition coefficient (Wildman–Crippen LogP) is 5.37. The number of nitrogens with one attached hydrogen (secondary N) is 1. The molecule has 3 aromatic carbocycles. The molecule has 3 aromatic rings. The molecular weight excluding hydrogens is 550 g/mol. The minimum absolute atomic E-state index is 0.0811. The molecule has 1 atom stereocenters. The summed E-state index contributed by atoms with van der Waals surface area (Å²) in [5.41, 5.74) is 3.06. The van der Waals surface area contributed by atoms with E-state index in [1.54, 1.807) is 62.6 Å². The highest BCUT2D eigenvalue weighted by molar-refractivity contribution is 7.92. The molecule has 0 bridgehead atoms. The Hall–Kier alpha value is -3.85. The first kappa shape index (κ1) is 31.1. The summed E-state index contributed by atoms with van der Waals surface area (Å²) in [6.45, 7) is 5.17. The van der Waals surface area contributed by atoms with Crippen molar-refractivity contribution in [2.45, 2.75) is 76.4 Å². The van der Waals surface area contributed by atoms with Gasteiger partial charge in [-0.2, -0.15) is 0 Å². The number of carbonyl (C=O) groups is 2. The van der Waals surface area contributed by atoms with E-state index in [2.05, 4.69) is 5.32 Å². The third-order valence-electron chi connectivity index (χ3n) is 7.84. The second-order valence-electron chi connectivity index (χ2n) is 11.0. The second kappa shape index (κ2) is 13.9. The predicted molar refractivity (Wildman–Crippen MR) is 165 cm³/mol. The van der Waals surface area contributed by atoms with Gasteiger partial charge >= 0.3 is 0 Å². The molecule has 4 rings (SSSR count). The number of methoxy groups -OCH3 is 1. The summed E-state index contributed by atoms with van der Waals surface area (Å²) < 4.78 is 34.3. The van der Waals surface area contributed by atoms with Crippen molar-refractivity contribution in [3.63, 3.8) is 0 Å². The zero-order valence-corrected chi connectivity index (χ0v) is 25.7. The highest BCUT2D eigenvalue weighted by atomic mass is 32.2. The molecule has 224 valence electrons. The van der Waals surface area contributed by atoms with Crippen LogP contribution in [-0.4, -0.2) is 50.9 Å². The van der Waals surface area contributed by atoms with Gasteiger partial charge in [-0.3, -0.25) is 13.9 Å². The molecule has 2 amide bonds. The molecule has 9 heteroatoms. The Labute approximate surface area is 249 Å². The van der Waals surface area contributed by atoms with Crippen LogP contribution in [0.5, 0.6) is 5.75 Å². The summed E-state index contributed by atoms with van der Waals surface area (Å²) >= 11 is 0. The number of hydrogen-bond donors (Lipinski definition) is 1. The van der Waals surface area contributed by atoms with Gasteiger partial charge in [0, 0.05) is 12.6 Å². The second-order valence-corrected chi connectivity index (χ2v) is 12.9. The van der Waals surface area contributed by atoms with Crippen LogP contribution < -0.4 is 14.4 Å². The van der Waals surface area contributed by atoms with Gasteiger partial charge in [-0.15, -0.1) is 0 Å². The van der Waals surface area contributed by atoms with E-state index in [4.69, 9.17) is 4.74 Å². The van der Waals surface area contributed by atoms with Crippen molar-refractivity contribution in [1.82, 2.24) is 10.2 Å². The monoisotopic (exact) mass is 591 g/mol. The van der Waals surface area contributed by atoms with Crippen LogP contribution in [0.2, 0.25) is 0 Å². The van der Waals surface area contributed by atoms with Crippen LogP contribution in [0.15, 0.2) is 77.7 Å². The lowest BCUT2D eigenvalue weighted by Crippen LogP contribution is -2.53. The van der Waals surface area contributed by atoms with Crippen LogP contribution >= 0.6 is 0 Å². The first-order valence-corrected chi connectivity index (χ1v) is 15.9. The molecule has 1 aliphatic carbocycles. The van der Waals surface area contributed by atoms with Crippen LogP contribution in [0.1, 0.15) is 55.7 Å². The largest absolute Gasteiger partial charge is 0.497 e. The number of aryl methyl sites for hydroxylation is 2. The van der Waals surface area contributed by atoms with Crippen molar-refractivity contribution in [2.24, 2.45) is 0 Å². The Morgan fingerprint density at radius 1 is 0.881 bits per heavy atom. The van der Waals surface area contributed by atoms with Crippen LogP contribution in [0.25, 0.3) is 0 Å². The normalized spacial score (nSPS) is 14.6. The number of ether oxygens (including phenoxy) is 1. The molecule has 1 saturated carbocycles. The molecular formula is C33H41N3O5S. The van der Waals surface area contributed by atoms with Crippen molar-refractivity contribution in [1.29, 1.82) is 0 Å². The lowest BCUT2D eigenvalue weighted by Gasteiger charge is -2.33. The Morgan fingerprint density at radius 3 is 2.02 bits per heavy atom. The third-order valence-corrected chi connectivity index (χ3v) is 9.63. The molecule has 1 aliphatic rings. The number of benzene rings is 3. The number of sulfonamides is 1. The molecule has 42 heavy (non-hydrogen) atoms. The minimum Gasteiger partial charge on any atom is -0.497 e. The van der Waals surface area contributed by atoms with Crippen LogP contribution in [-0.2, 0) is 26.2 Å². The van der Waals surface area contributed by atoms with Gasteiger partial charge in [0.25, 0.3) is 10.0 Å². The summed E-state index contributed by atoms with van der Waals surface area (Å²) in [6.07, 6.45) is 5.13. The van der Waals surface area contributed by atoms with Gasteiger partial charge < -0.3 is 15.0 Å². The van der Waals surface area contributed by atoms with E-state index in [0.717, 1.165) is 53.1 Å². The lowest BCUT2D eigenvalue weighted by molar-refractivity contribution is -0.139. The van der Waals surface area contributed by atoms with E-state index in [0.29, 0.717) is 11.4 Å². The lowest BCUT2D eigenvalue weighted by atomic mass is 9.95. The minimum atomic E-state index is -4.09. The Bertz CT molecular complexity index is 1450. The topological polar surface area (TPSA) is 96.0 Å². The fourth-order valence-corrected chi connectivity index (χ4v) is 6.57. The summed E-state index contributed by atoms with van der Waals surface area (Å²) in [6, 6.07) is 20.1. The van der Waals surface area contributed by atoms with Gasteiger partial charge in [-0.1, -0.05) is 66.8 Å². The standard InChI is InChI=1S/C33H41N3O5S/c1-24-10-16-29(17-11-24)36(42(39,40)31-20-12-25(2)13-21-31)23-32(37)35(22-27-14-18-30(41-4)19-15-27)26(3)33(38)34-28-8-6-5-7-9-28/h10-21,26,28H,5-9,22-23H2,1-4H3,(H,34,38)/t26-/m1/s1. The first-order chi connectivity index (χ1) is 20.1. The highest BCUT2D eigenvalue weighted by Gasteiger charge is 2.33. The zero-order valence-electron chi connectivity index (χ0n) is 24.9. The Kier molecular flexibility index (Phi) is 10.3.